The first-order valence-electron chi connectivity index (χ1n) is 3.87. The lowest BCUT2D eigenvalue weighted by molar-refractivity contribution is -0.107. The number of phenols is 1. The van der Waals surface area contributed by atoms with Crippen molar-refractivity contribution in [2.45, 2.75) is 12.8 Å². The standard InChI is InChI=1S/C9H7F3O2/c10-6-4-5(2-1-3-13)7(11)9(14)8(6)12/h3-4,14H,1-2H2. The van der Waals surface area contributed by atoms with Gasteiger partial charge < -0.3 is 9.90 Å². The normalized spacial score (nSPS) is 10.2. The predicted molar refractivity (Wildman–Crippen MR) is 42.4 cm³/mol. The lowest BCUT2D eigenvalue weighted by Gasteiger charge is -2.04. The van der Waals surface area contributed by atoms with Crippen molar-refractivity contribution >= 4 is 6.29 Å². The number of carbonyl (C=O) groups is 1. The van der Waals surface area contributed by atoms with Crippen molar-refractivity contribution in [3.8, 4) is 5.75 Å². The molecule has 0 atom stereocenters. The number of carbonyl (C=O) groups excluding carboxylic acids is 1. The van der Waals surface area contributed by atoms with Gasteiger partial charge in [0.1, 0.15) is 6.29 Å². The van der Waals surface area contributed by atoms with Gasteiger partial charge in [0.25, 0.3) is 0 Å². The number of aromatic hydroxyl groups is 1. The molecule has 1 aromatic rings. The summed E-state index contributed by atoms with van der Waals surface area (Å²) in [6.45, 7) is 0. The molecule has 0 aliphatic rings. The molecule has 0 unspecified atom stereocenters. The van der Waals surface area contributed by atoms with Crippen LogP contribution >= 0.6 is 0 Å². The van der Waals surface area contributed by atoms with E-state index in [4.69, 9.17) is 5.11 Å². The third-order valence-electron chi connectivity index (χ3n) is 1.74. The van der Waals surface area contributed by atoms with Gasteiger partial charge in [0.05, 0.1) is 0 Å². The number of halogens is 3. The van der Waals surface area contributed by atoms with Crippen LogP contribution in [0.2, 0.25) is 0 Å². The first kappa shape index (κ1) is 10.6. The number of hydrogen-bond acceptors (Lipinski definition) is 2. The van der Waals surface area contributed by atoms with Crippen LogP contribution in [0, 0.1) is 17.5 Å². The molecule has 2 nitrogen and oxygen atoms in total. The van der Waals surface area contributed by atoms with E-state index < -0.39 is 23.2 Å². The molecule has 0 aromatic heterocycles. The number of benzene rings is 1. The summed E-state index contributed by atoms with van der Waals surface area (Å²) >= 11 is 0. The van der Waals surface area contributed by atoms with Crippen LogP contribution in [0.1, 0.15) is 12.0 Å². The molecule has 0 bridgehead atoms. The number of hydrogen-bond donors (Lipinski definition) is 1. The summed E-state index contributed by atoms with van der Waals surface area (Å²) < 4.78 is 38.2. The molecule has 1 rings (SSSR count). The first-order valence-corrected chi connectivity index (χ1v) is 3.87. The molecule has 0 amide bonds. The molecular weight excluding hydrogens is 197 g/mol. The quantitative estimate of drug-likeness (QED) is 0.603. The van der Waals surface area contributed by atoms with Crippen molar-refractivity contribution in [1.82, 2.24) is 0 Å². The highest BCUT2D eigenvalue weighted by Gasteiger charge is 2.17. The molecule has 0 radical (unpaired) electrons. The Hall–Kier alpha value is -1.52. The highest BCUT2D eigenvalue weighted by Crippen LogP contribution is 2.26. The zero-order valence-corrected chi connectivity index (χ0v) is 7.06. The van der Waals surface area contributed by atoms with E-state index in [0.717, 1.165) is 0 Å². The van der Waals surface area contributed by atoms with Crippen LogP contribution in [-0.2, 0) is 11.2 Å². The summed E-state index contributed by atoms with van der Waals surface area (Å²) in [6, 6.07) is 0.633. The molecule has 1 N–H and O–H groups in total. The van der Waals surface area contributed by atoms with E-state index in [1.54, 1.807) is 0 Å². The van der Waals surface area contributed by atoms with Gasteiger partial charge in [-0.25, -0.2) is 8.78 Å². The van der Waals surface area contributed by atoms with E-state index in [2.05, 4.69) is 0 Å². The minimum atomic E-state index is -1.61. The topological polar surface area (TPSA) is 37.3 Å². The van der Waals surface area contributed by atoms with E-state index in [-0.39, 0.29) is 18.4 Å². The van der Waals surface area contributed by atoms with Gasteiger partial charge in [-0.2, -0.15) is 4.39 Å². The molecule has 0 fully saturated rings. The fraction of sp³-hybridized carbons (Fsp3) is 0.222. The van der Waals surface area contributed by atoms with Crippen molar-refractivity contribution in [1.29, 1.82) is 0 Å². The second-order valence-electron chi connectivity index (χ2n) is 2.70. The van der Waals surface area contributed by atoms with E-state index >= 15 is 0 Å². The summed E-state index contributed by atoms with van der Waals surface area (Å²) in [5.41, 5.74) is -0.214. The van der Waals surface area contributed by atoms with Crippen LogP contribution in [0.15, 0.2) is 6.07 Å². The van der Waals surface area contributed by atoms with Gasteiger partial charge in [-0.3, -0.25) is 0 Å². The Balaban J connectivity index is 3.12. The maximum Gasteiger partial charge on any atom is 0.203 e. The molecule has 5 heteroatoms. The van der Waals surface area contributed by atoms with Crippen molar-refractivity contribution in [2.75, 3.05) is 0 Å². The van der Waals surface area contributed by atoms with Gasteiger partial charge in [-0.05, 0) is 18.1 Å². The summed E-state index contributed by atoms with van der Waals surface area (Å²) in [5.74, 6) is -5.50. The lowest BCUT2D eigenvalue weighted by Crippen LogP contribution is -1.97. The molecule has 76 valence electrons. The minimum Gasteiger partial charge on any atom is -0.503 e. The number of aldehydes is 1. The zero-order valence-electron chi connectivity index (χ0n) is 7.06. The second kappa shape index (κ2) is 4.13. The average Bonchev–Trinajstić information content (AvgIpc) is 2.18. The molecule has 0 spiro atoms. The summed E-state index contributed by atoms with van der Waals surface area (Å²) in [7, 11) is 0. The number of phenolic OH excluding ortho intramolecular Hbond substituents is 1. The highest BCUT2D eigenvalue weighted by molar-refractivity contribution is 5.50. The van der Waals surface area contributed by atoms with Gasteiger partial charge >= 0.3 is 0 Å². The van der Waals surface area contributed by atoms with E-state index in [1.807, 2.05) is 0 Å². The van der Waals surface area contributed by atoms with Crippen molar-refractivity contribution < 1.29 is 23.1 Å². The van der Waals surface area contributed by atoms with Crippen LogP contribution in [-0.4, -0.2) is 11.4 Å². The van der Waals surface area contributed by atoms with E-state index in [0.29, 0.717) is 12.4 Å². The molecule has 0 heterocycles. The summed E-state index contributed by atoms with van der Waals surface area (Å²) in [5, 5.41) is 8.79. The third kappa shape index (κ3) is 1.86. The average molecular weight is 204 g/mol. The summed E-state index contributed by atoms with van der Waals surface area (Å²) in [6.07, 6.45) is 0.444. The maximum atomic E-state index is 13.0. The molecule has 0 saturated carbocycles. The van der Waals surface area contributed by atoms with Crippen LogP contribution in [0.5, 0.6) is 5.75 Å². The van der Waals surface area contributed by atoms with Crippen molar-refractivity contribution in [2.24, 2.45) is 0 Å². The monoisotopic (exact) mass is 204 g/mol. The van der Waals surface area contributed by atoms with E-state index in [1.165, 1.54) is 0 Å². The minimum absolute atomic E-state index is 0.0125. The Bertz CT molecular complexity index is 364. The van der Waals surface area contributed by atoms with Crippen LogP contribution in [0.3, 0.4) is 0 Å². The molecule has 0 saturated heterocycles. The summed E-state index contributed by atoms with van der Waals surface area (Å²) in [4.78, 5) is 9.97. The van der Waals surface area contributed by atoms with Crippen molar-refractivity contribution in [3.63, 3.8) is 0 Å². The SMILES string of the molecule is O=CCCc1cc(F)c(F)c(O)c1F. The zero-order chi connectivity index (χ0) is 10.7. The molecule has 0 aliphatic heterocycles. The smallest absolute Gasteiger partial charge is 0.203 e. The third-order valence-corrected chi connectivity index (χ3v) is 1.74. The van der Waals surface area contributed by atoms with Gasteiger partial charge in [0.15, 0.2) is 17.4 Å². The number of aryl methyl sites for hydroxylation is 1. The second-order valence-corrected chi connectivity index (χ2v) is 2.70. The van der Waals surface area contributed by atoms with Crippen LogP contribution in [0.25, 0.3) is 0 Å². The Morgan fingerprint density at radius 1 is 1.29 bits per heavy atom. The fourth-order valence-electron chi connectivity index (χ4n) is 1.04. The van der Waals surface area contributed by atoms with Crippen LogP contribution in [0.4, 0.5) is 13.2 Å². The van der Waals surface area contributed by atoms with Crippen molar-refractivity contribution in [3.05, 3.63) is 29.1 Å². The Morgan fingerprint density at radius 2 is 1.93 bits per heavy atom. The highest BCUT2D eigenvalue weighted by atomic mass is 19.2. The van der Waals surface area contributed by atoms with Gasteiger partial charge in [-0.1, -0.05) is 0 Å². The van der Waals surface area contributed by atoms with E-state index in [9.17, 15) is 18.0 Å². The molecule has 0 aliphatic carbocycles. The maximum absolute atomic E-state index is 13.0. The Morgan fingerprint density at radius 3 is 2.50 bits per heavy atom. The fourth-order valence-corrected chi connectivity index (χ4v) is 1.04. The Labute approximate surface area is 78.0 Å². The van der Waals surface area contributed by atoms with Crippen LogP contribution < -0.4 is 0 Å². The molecule has 1 aromatic carbocycles. The molecular formula is C9H7F3O2. The van der Waals surface area contributed by atoms with Gasteiger partial charge in [0.2, 0.25) is 5.82 Å². The van der Waals surface area contributed by atoms with Gasteiger partial charge in [-0.15, -0.1) is 0 Å². The lowest BCUT2D eigenvalue weighted by atomic mass is 10.1. The predicted octanol–water partition coefficient (Wildman–Crippen LogP) is 1.94. The number of rotatable bonds is 3. The Kier molecular flexibility index (Phi) is 3.11. The molecule has 14 heavy (non-hydrogen) atoms. The van der Waals surface area contributed by atoms with Gasteiger partial charge in [0, 0.05) is 6.42 Å². The largest absolute Gasteiger partial charge is 0.503 e. The first-order chi connectivity index (χ1) is 6.57.